The molecule has 10 nitrogen and oxygen atoms in total. The lowest BCUT2D eigenvalue weighted by molar-refractivity contribution is -0.403. The number of rotatable bonds is 4. The van der Waals surface area contributed by atoms with Crippen LogP contribution in [0.2, 0.25) is 0 Å². The van der Waals surface area contributed by atoms with E-state index in [2.05, 4.69) is 15.0 Å². The Morgan fingerprint density at radius 1 is 1.12 bits per heavy atom. The predicted molar refractivity (Wildman–Crippen MR) is 82.5 cm³/mol. The molecule has 1 N–H and O–H groups in total. The van der Waals surface area contributed by atoms with Crippen molar-refractivity contribution in [3.8, 4) is 5.75 Å². The molecule has 3 rings (SSSR count). The highest BCUT2D eigenvalue weighted by Gasteiger charge is 2.17. The van der Waals surface area contributed by atoms with E-state index in [-0.39, 0.29) is 5.56 Å². The summed E-state index contributed by atoms with van der Waals surface area (Å²) < 4.78 is 0. The Bertz CT molecular complexity index is 994. The van der Waals surface area contributed by atoms with Crippen LogP contribution in [0.5, 0.6) is 5.75 Å². The molecule has 0 radical (unpaired) electrons. The Labute approximate surface area is 133 Å². The van der Waals surface area contributed by atoms with Crippen molar-refractivity contribution in [1.82, 2.24) is 9.97 Å². The lowest BCUT2D eigenvalue weighted by atomic mass is 10.1. The van der Waals surface area contributed by atoms with E-state index >= 15 is 0 Å². The second kappa shape index (κ2) is 5.76. The smallest absolute Gasteiger partial charge is 0.276 e. The number of benzene rings is 2. The maximum atomic E-state index is 12.0. The molecule has 120 valence electrons. The fraction of sp³-hybridized carbons (Fsp3) is 0. The molecule has 3 aromatic rings. The van der Waals surface area contributed by atoms with E-state index in [0.29, 0.717) is 11.8 Å². The minimum absolute atomic E-state index is 0.236. The maximum absolute atomic E-state index is 12.0. The monoisotopic (exact) mass is 326 g/mol. The first-order chi connectivity index (χ1) is 11.5. The van der Waals surface area contributed by atoms with Crippen LogP contribution in [0.4, 0.5) is 17.1 Å². The number of nitrogens with one attached hydrogen (secondary N) is 1. The first kappa shape index (κ1) is 15.1. The molecular formula is C14H8N5O5-. The van der Waals surface area contributed by atoms with E-state index in [4.69, 9.17) is 0 Å². The standard InChI is InChI=1S/C14H9N5O5/c20-14-8(3-10(18(21)22)5-13(14)19(23)24)6-15-9-1-2-11-12(4-9)17-7-16-11/h1-7,20H,(H,16,17)/p-1. The largest absolute Gasteiger partial charge is 0.867 e. The summed E-state index contributed by atoms with van der Waals surface area (Å²) >= 11 is 0. The van der Waals surface area contributed by atoms with Gasteiger partial charge in [-0.25, -0.2) is 4.98 Å². The molecule has 0 aliphatic heterocycles. The Morgan fingerprint density at radius 2 is 1.92 bits per heavy atom. The fourth-order valence-electron chi connectivity index (χ4n) is 2.10. The summed E-state index contributed by atoms with van der Waals surface area (Å²) in [4.78, 5) is 31.0. The number of nitrogens with zero attached hydrogens (tertiary/aromatic N) is 4. The molecule has 24 heavy (non-hydrogen) atoms. The van der Waals surface area contributed by atoms with E-state index in [1.807, 2.05) is 0 Å². The van der Waals surface area contributed by atoms with E-state index in [9.17, 15) is 25.3 Å². The normalized spacial score (nSPS) is 11.2. The highest BCUT2D eigenvalue weighted by atomic mass is 16.6. The van der Waals surface area contributed by atoms with Gasteiger partial charge in [-0.05, 0) is 29.5 Å². The zero-order valence-corrected chi connectivity index (χ0v) is 11.9. The van der Waals surface area contributed by atoms with Gasteiger partial charge in [0.25, 0.3) is 11.4 Å². The Morgan fingerprint density at radius 3 is 2.62 bits per heavy atom. The molecule has 1 aromatic heterocycles. The summed E-state index contributed by atoms with van der Waals surface area (Å²) in [5.41, 5.74) is 0.254. The molecule has 0 bridgehead atoms. The van der Waals surface area contributed by atoms with E-state index in [1.165, 1.54) is 6.33 Å². The number of hydrogen-bond donors (Lipinski definition) is 1. The van der Waals surface area contributed by atoms with Crippen molar-refractivity contribution in [3.05, 3.63) is 62.5 Å². The van der Waals surface area contributed by atoms with Gasteiger partial charge in [-0.15, -0.1) is 0 Å². The van der Waals surface area contributed by atoms with E-state index in [1.54, 1.807) is 18.2 Å². The van der Waals surface area contributed by atoms with Crippen LogP contribution in [0.15, 0.2) is 41.7 Å². The summed E-state index contributed by atoms with van der Waals surface area (Å²) in [6.45, 7) is 0. The van der Waals surface area contributed by atoms with Crippen molar-refractivity contribution in [2.75, 3.05) is 0 Å². The van der Waals surface area contributed by atoms with Crippen LogP contribution < -0.4 is 5.11 Å². The van der Waals surface area contributed by atoms with E-state index in [0.717, 1.165) is 23.3 Å². The molecule has 0 amide bonds. The van der Waals surface area contributed by atoms with Crippen LogP contribution in [0, 0.1) is 20.2 Å². The molecule has 10 heteroatoms. The van der Waals surface area contributed by atoms with Gasteiger partial charge >= 0.3 is 0 Å². The molecule has 0 aliphatic rings. The molecule has 0 saturated carbocycles. The van der Waals surface area contributed by atoms with Crippen LogP contribution in [0.3, 0.4) is 0 Å². The number of hydrogen-bond acceptors (Lipinski definition) is 7. The van der Waals surface area contributed by atoms with Crippen molar-refractivity contribution < 1.29 is 15.0 Å². The van der Waals surface area contributed by atoms with Crippen molar-refractivity contribution in [2.45, 2.75) is 0 Å². The van der Waals surface area contributed by atoms with Gasteiger partial charge in [-0.2, -0.15) is 0 Å². The van der Waals surface area contributed by atoms with Gasteiger partial charge in [0.05, 0.1) is 39.0 Å². The highest BCUT2D eigenvalue weighted by molar-refractivity contribution is 5.89. The van der Waals surface area contributed by atoms with Crippen molar-refractivity contribution >= 4 is 34.3 Å². The predicted octanol–water partition coefficient (Wildman–Crippen LogP) is 2.20. The minimum atomic E-state index is -0.955. The lowest BCUT2D eigenvalue weighted by Crippen LogP contribution is -2.03. The zero-order chi connectivity index (χ0) is 17.3. The summed E-state index contributed by atoms with van der Waals surface area (Å²) in [5.74, 6) is -0.933. The van der Waals surface area contributed by atoms with Gasteiger partial charge in [0.2, 0.25) is 0 Å². The molecule has 0 atom stereocenters. The average Bonchev–Trinajstić information content (AvgIpc) is 3.01. The highest BCUT2D eigenvalue weighted by Crippen LogP contribution is 2.31. The molecule has 0 saturated heterocycles. The summed E-state index contributed by atoms with van der Waals surface area (Å²) in [6.07, 6.45) is 2.58. The van der Waals surface area contributed by atoms with Crippen LogP contribution in [-0.2, 0) is 0 Å². The third kappa shape index (κ3) is 2.75. The molecule has 0 aliphatic carbocycles. The number of nitro groups is 2. The van der Waals surface area contributed by atoms with Gasteiger partial charge in [0, 0.05) is 12.3 Å². The third-order valence-corrected chi connectivity index (χ3v) is 3.25. The summed E-state index contributed by atoms with van der Waals surface area (Å²) in [5, 5.41) is 33.7. The quantitative estimate of drug-likeness (QED) is 0.441. The molecule has 2 aromatic carbocycles. The molecule has 1 heterocycles. The number of imidazole rings is 1. The number of H-pyrrole nitrogens is 1. The van der Waals surface area contributed by atoms with Gasteiger partial charge in [0.1, 0.15) is 0 Å². The maximum Gasteiger partial charge on any atom is 0.276 e. The van der Waals surface area contributed by atoms with Crippen LogP contribution in [-0.4, -0.2) is 26.0 Å². The Kier molecular flexibility index (Phi) is 3.62. The van der Waals surface area contributed by atoms with Crippen molar-refractivity contribution in [3.63, 3.8) is 0 Å². The summed E-state index contributed by atoms with van der Waals surface area (Å²) in [6, 6.07) is 6.58. The lowest BCUT2D eigenvalue weighted by Gasteiger charge is -2.10. The second-order valence-corrected chi connectivity index (χ2v) is 4.76. The minimum Gasteiger partial charge on any atom is -0.867 e. The number of aromatic nitrogens is 2. The first-order valence-corrected chi connectivity index (χ1v) is 6.57. The molecule has 0 unspecified atom stereocenters. The van der Waals surface area contributed by atoms with Crippen LogP contribution in [0.1, 0.15) is 5.56 Å². The summed E-state index contributed by atoms with van der Waals surface area (Å²) in [7, 11) is 0. The molecule has 0 spiro atoms. The number of aliphatic imine (C=N–C) groups is 1. The van der Waals surface area contributed by atoms with Crippen LogP contribution >= 0.6 is 0 Å². The number of nitro benzene ring substituents is 2. The SMILES string of the molecule is O=[N+]([O-])c1cc(C=Nc2ccc3nc[nH]c3c2)c([O-])c([N+](=O)[O-])c1. The zero-order valence-electron chi connectivity index (χ0n) is 11.9. The van der Waals surface area contributed by atoms with Crippen molar-refractivity contribution in [1.29, 1.82) is 0 Å². The molecule has 0 fully saturated rings. The van der Waals surface area contributed by atoms with Gasteiger partial charge in [-0.3, -0.25) is 25.2 Å². The third-order valence-electron chi connectivity index (χ3n) is 3.25. The Hall–Kier alpha value is -3.82. The Balaban J connectivity index is 2.04. The van der Waals surface area contributed by atoms with Crippen molar-refractivity contribution in [2.24, 2.45) is 4.99 Å². The van der Waals surface area contributed by atoms with Gasteiger partial charge in [0.15, 0.2) is 0 Å². The molecular weight excluding hydrogens is 318 g/mol. The van der Waals surface area contributed by atoms with Crippen LogP contribution in [0.25, 0.3) is 11.0 Å². The fourth-order valence-corrected chi connectivity index (χ4v) is 2.10. The van der Waals surface area contributed by atoms with E-state index < -0.39 is 27.0 Å². The second-order valence-electron chi connectivity index (χ2n) is 4.76. The van der Waals surface area contributed by atoms with Gasteiger partial charge in [-0.1, -0.05) is 0 Å². The average molecular weight is 326 g/mol. The number of fused-ring (bicyclic) bond motifs is 1. The van der Waals surface area contributed by atoms with Gasteiger partial charge < -0.3 is 10.1 Å². The number of aromatic amines is 1. The first-order valence-electron chi connectivity index (χ1n) is 6.57. The number of non-ortho nitro benzene ring substituents is 1. The topological polar surface area (TPSA) is 150 Å².